The molecule has 25 heavy (non-hydrogen) atoms. The van der Waals surface area contributed by atoms with Crippen LogP contribution in [0, 0.1) is 0 Å². The normalized spacial score (nSPS) is 18.0. The second kappa shape index (κ2) is 9.22. The van der Waals surface area contributed by atoms with E-state index in [0.717, 1.165) is 37.4 Å². The monoisotopic (exact) mass is 342 g/mol. The fourth-order valence-corrected chi connectivity index (χ4v) is 3.25. The number of ether oxygens (including phenoxy) is 1. The Morgan fingerprint density at radius 2 is 2.24 bits per heavy atom. The molecule has 1 aliphatic heterocycles. The molecule has 0 saturated carbocycles. The van der Waals surface area contributed by atoms with E-state index in [9.17, 15) is 4.79 Å². The number of likely N-dealkylation sites (tertiary alicyclic amines) is 1. The van der Waals surface area contributed by atoms with E-state index in [-0.39, 0.29) is 6.09 Å². The first-order chi connectivity index (χ1) is 12.3. The summed E-state index contributed by atoms with van der Waals surface area (Å²) >= 11 is 0. The zero-order valence-electron chi connectivity index (χ0n) is 14.5. The Morgan fingerprint density at radius 3 is 3.04 bits per heavy atom. The zero-order valence-corrected chi connectivity index (χ0v) is 14.5. The van der Waals surface area contributed by atoms with E-state index in [1.807, 2.05) is 42.7 Å². The summed E-state index contributed by atoms with van der Waals surface area (Å²) in [4.78, 5) is 21.8. The molecule has 2 aromatic rings. The fraction of sp³-hybridized carbons (Fsp3) is 0.474. The number of carbonyl (C=O) groups is 1. The molecule has 1 aromatic heterocycles. The maximum absolute atomic E-state index is 11.7. The molecule has 0 spiro atoms. The Kier molecular flexibility index (Phi) is 6.45. The van der Waals surface area contributed by atoms with Crippen molar-refractivity contribution in [1.82, 2.24) is 20.2 Å². The number of hydrogen-bond acceptors (Lipinski definition) is 4. The van der Waals surface area contributed by atoms with Crippen molar-refractivity contribution < 1.29 is 9.53 Å². The number of imidazole rings is 1. The van der Waals surface area contributed by atoms with Gasteiger partial charge in [0.2, 0.25) is 0 Å². The Morgan fingerprint density at radius 1 is 1.36 bits per heavy atom. The van der Waals surface area contributed by atoms with Gasteiger partial charge in [0.1, 0.15) is 12.4 Å². The van der Waals surface area contributed by atoms with Gasteiger partial charge in [0.25, 0.3) is 0 Å². The van der Waals surface area contributed by atoms with Gasteiger partial charge in [0.05, 0.1) is 0 Å². The molecule has 0 bridgehead atoms. The summed E-state index contributed by atoms with van der Waals surface area (Å²) in [5, 5.41) is 2.82. The largest absolute Gasteiger partial charge is 0.445 e. The molecule has 3 rings (SSSR count). The lowest BCUT2D eigenvalue weighted by Gasteiger charge is -2.31. The van der Waals surface area contributed by atoms with Gasteiger partial charge < -0.3 is 19.9 Å². The van der Waals surface area contributed by atoms with Crippen molar-refractivity contribution in [2.45, 2.75) is 31.8 Å². The minimum Gasteiger partial charge on any atom is -0.445 e. The molecule has 6 heteroatoms. The number of aromatic nitrogens is 2. The third kappa shape index (κ3) is 5.60. The van der Waals surface area contributed by atoms with Gasteiger partial charge in [-0.2, -0.15) is 0 Å². The van der Waals surface area contributed by atoms with Crippen LogP contribution in [0.15, 0.2) is 42.7 Å². The standard InChI is InChI=1S/C19H26N4O2/c24-19(25-15-16-6-2-1-3-7-16)22-9-5-13-23-12-4-8-17(14-23)18-20-10-11-21-18/h1-3,6-7,10-11,17H,4-5,8-9,12-15H2,(H,20,21)(H,22,24). The summed E-state index contributed by atoms with van der Waals surface area (Å²) in [5.74, 6) is 1.58. The maximum atomic E-state index is 11.7. The zero-order chi connectivity index (χ0) is 17.3. The van der Waals surface area contributed by atoms with Crippen LogP contribution in [-0.4, -0.2) is 47.1 Å². The lowest BCUT2D eigenvalue weighted by atomic mass is 9.97. The van der Waals surface area contributed by atoms with Crippen molar-refractivity contribution >= 4 is 6.09 Å². The van der Waals surface area contributed by atoms with Crippen molar-refractivity contribution in [1.29, 1.82) is 0 Å². The van der Waals surface area contributed by atoms with Gasteiger partial charge in [-0.1, -0.05) is 30.3 Å². The Bertz CT molecular complexity index is 630. The average molecular weight is 342 g/mol. The molecule has 1 fully saturated rings. The number of H-pyrrole nitrogens is 1. The van der Waals surface area contributed by atoms with Gasteiger partial charge in [-0.15, -0.1) is 0 Å². The van der Waals surface area contributed by atoms with Crippen LogP contribution in [0.3, 0.4) is 0 Å². The van der Waals surface area contributed by atoms with Crippen LogP contribution < -0.4 is 5.32 Å². The first-order valence-corrected chi connectivity index (χ1v) is 8.97. The molecule has 6 nitrogen and oxygen atoms in total. The van der Waals surface area contributed by atoms with Crippen LogP contribution >= 0.6 is 0 Å². The van der Waals surface area contributed by atoms with Crippen LogP contribution in [0.5, 0.6) is 0 Å². The number of benzene rings is 1. The molecule has 2 N–H and O–H groups in total. The molecular formula is C19H26N4O2. The van der Waals surface area contributed by atoms with Gasteiger partial charge in [-0.25, -0.2) is 9.78 Å². The number of piperidine rings is 1. The minimum absolute atomic E-state index is 0.309. The topological polar surface area (TPSA) is 70.2 Å². The number of nitrogens with one attached hydrogen (secondary N) is 2. The molecule has 134 valence electrons. The van der Waals surface area contributed by atoms with E-state index in [4.69, 9.17) is 4.74 Å². The molecular weight excluding hydrogens is 316 g/mol. The molecule has 1 unspecified atom stereocenters. The Balaban J connectivity index is 1.29. The lowest BCUT2D eigenvalue weighted by molar-refractivity contribution is 0.138. The highest BCUT2D eigenvalue weighted by Crippen LogP contribution is 2.24. The highest BCUT2D eigenvalue weighted by Gasteiger charge is 2.22. The van der Waals surface area contributed by atoms with E-state index < -0.39 is 0 Å². The number of rotatable bonds is 7. The molecule has 0 aliphatic carbocycles. The number of carbonyl (C=O) groups excluding carboxylic acids is 1. The van der Waals surface area contributed by atoms with Crippen LogP contribution in [0.4, 0.5) is 4.79 Å². The number of aromatic amines is 1. The summed E-state index contributed by atoms with van der Waals surface area (Å²) < 4.78 is 5.21. The average Bonchev–Trinajstić information content (AvgIpc) is 3.19. The molecule has 2 heterocycles. The van der Waals surface area contributed by atoms with Gasteiger partial charge in [-0.3, -0.25) is 0 Å². The Labute approximate surface area is 148 Å². The lowest BCUT2D eigenvalue weighted by Crippen LogP contribution is -2.37. The smallest absolute Gasteiger partial charge is 0.407 e. The van der Waals surface area contributed by atoms with Crippen LogP contribution in [0.2, 0.25) is 0 Å². The molecule has 1 saturated heterocycles. The number of nitrogens with zero attached hydrogens (tertiary/aromatic N) is 2. The predicted octanol–water partition coefficient (Wildman–Crippen LogP) is 2.91. The van der Waals surface area contributed by atoms with E-state index >= 15 is 0 Å². The third-order valence-corrected chi connectivity index (χ3v) is 4.54. The predicted molar refractivity (Wildman–Crippen MR) is 96.2 cm³/mol. The quantitative estimate of drug-likeness (QED) is 0.759. The van der Waals surface area contributed by atoms with E-state index in [1.54, 1.807) is 0 Å². The summed E-state index contributed by atoms with van der Waals surface area (Å²) in [7, 11) is 0. The summed E-state index contributed by atoms with van der Waals surface area (Å²) in [6.07, 6.45) is 6.66. The van der Waals surface area contributed by atoms with E-state index in [0.29, 0.717) is 19.1 Å². The van der Waals surface area contributed by atoms with Crippen LogP contribution in [0.25, 0.3) is 0 Å². The number of hydrogen-bond donors (Lipinski definition) is 2. The summed E-state index contributed by atoms with van der Waals surface area (Å²) in [6, 6.07) is 9.70. The fourth-order valence-electron chi connectivity index (χ4n) is 3.25. The highest BCUT2D eigenvalue weighted by molar-refractivity contribution is 5.67. The van der Waals surface area contributed by atoms with Crippen LogP contribution in [0.1, 0.15) is 36.6 Å². The van der Waals surface area contributed by atoms with Gasteiger partial charge >= 0.3 is 6.09 Å². The van der Waals surface area contributed by atoms with Crippen LogP contribution in [-0.2, 0) is 11.3 Å². The van der Waals surface area contributed by atoms with Crippen molar-refractivity contribution in [3.63, 3.8) is 0 Å². The molecule has 0 radical (unpaired) electrons. The second-order valence-corrected chi connectivity index (χ2v) is 6.46. The van der Waals surface area contributed by atoms with Gasteiger partial charge in [-0.05, 0) is 37.9 Å². The molecule has 1 aromatic carbocycles. The number of amides is 1. The van der Waals surface area contributed by atoms with Crippen molar-refractivity contribution in [3.8, 4) is 0 Å². The van der Waals surface area contributed by atoms with Crippen molar-refractivity contribution in [2.75, 3.05) is 26.2 Å². The summed E-state index contributed by atoms with van der Waals surface area (Å²) in [6.45, 7) is 4.08. The molecule has 1 amide bonds. The molecule has 1 atom stereocenters. The van der Waals surface area contributed by atoms with Crippen molar-refractivity contribution in [2.24, 2.45) is 0 Å². The summed E-state index contributed by atoms with van der Waals surface area (Å²) in [5.41, 5.74) is 0.995. The second-order valence-electron chi connectivity index (χ2n) is 6.46. The van der Waals surface area contributed by atoms with E-state index in [1.165, 1.54) is 12.8 Å². The third-order valence-electron chi connectivity index (χ3n) is 4.54. The minimum atomic E-state index is -0.351. The SMILES string of the molecule is O=C(NCCCN1CCCC(c2ncc[nH]2)C1)OCc1ccccc1. The van der Waals surface area contributed by atoms with E-state index in [2.05, 4.69) is 20.2 Å². The number of alkyl carbamates (subject to hydrolysis) is 1. The molecule has 1 aliphatic rings. The van der Waals surface area contributed by atoms with Gasteiger partial charge in [0, 0.05) is 31.4 Å². The first kappa shape index (κ1) is 17.5. The first-order valence-electron chi connectivity index (χ1n) is 8.97. The Hall–Kier alpha value is -2.34. The van der Waals surface area contributed by atoms with Crippen molar-refractivity contribution in [3.05, 3.63) is 54.1 Å². The highest BCUT2D eigenvalue weighted by atomic mass is 16.5. The van der Waals surface area contributed by atoms with Gasteiger partial charge in [0.15, 0.2) is 0 Å². The maximum Gasteiger partial charge on any atom is 0.407 e.